The molecule has 0 atom stereocenters. The molecule has 0 saturated carbocycles. The fraction of sp³-hybridized carbons (Fsp3) is 0.273. The summed E-state index contributed by atoms with van der Waals surface area (Å²) in [6.45, 7) is 4.69. The van der Waals surface area contributed by atoms with Gasteiger partial charge in [0, 0.05) is 12.8 Å². The van der Waals surface area contributed by atoms with Gasteiger partial charge in [-0.05, 0) is 30.3 Å². The highest BCUT2D eigenvalue weighted by Crippen LogP contribution is 2.20. The minimum absolute atomic E-state index is 0.889. The van der Waals surface area contributed by atoms with E-state index in [0.29, 0.717) is 0 Å². The first-order chi connectivity index (χ1) is 6.81. The van der Waals surface area contributed by atoms with Gasteiger partial charge in [0.05, 0.1) is 5.69 Å². The molecule has 0 heterocycles. The molecule has 76 valence electrons. The third kappa shape index (κ3) is 2.79. The van der Waals surface area contributed by atoms with Crippen molar-refractivity contribution in [2.45, 2.75) is 6.54 Å². The molecule has 0 bridgehead atoms. The van der Waals surface area contributed by atoms with Gasteiger partial charge in [-0.25, -0.2) is 0 Å². The van der Waals surface area contributed by atoms with Gasteiger partial charge in [0.2, 0.25) is 0 Å². The van der Waals surface area contributed by atoms with Crippen molar-refractivity contribution in [2.24, 2.45) is 0 Å². The lowest BCUT2D eigenvalue weighted by Gasteiger charge is -2.08. The molecule has 1 rings (SSSR count). The Morgan fingerprint density at radius 3 is 2.86 bits per heavy atom. The molecule has 0 aliphatic rings. The second-order valence-electron chi connectivity index (χ2n) is 2.96. The van der Waals surface area contributed by atoms with Crippen LogP contribution in [0.2, 0.25) is 0 Å². The van der Waals surface area contributed by atoms with Crippen molar-refractivity contribution in [3.05, 3.63) is 35.9 Å². The van der Waals surface area contributed by atoms with Gasteiger partial charge in [-0.1, -0.05) is 30.7 Å². The fourth-order valence-electron chi connectivity index (χ4n) is 1.30. The first-order valence-electron chi connectivity index (χ1n) is 4.50. The highest BCUT2D eigenvalue weighted by Gasteiger charge is 1.99. The molecule has 0 spiro atoms. The van der Waals surface area contributed by atoms with E-state index in [2.05, 4.69) is 34.8 Å². The maximum absolute atomic E-state index is 3.81. The predicted octanol–water partition coefficient (Wildman–Crippen LogP) is 2.74. The van der Waals surface area contributed by atoms with E-state index in [4.69, 9.17) is 0 Å². The van der Waals surface area contributed by atoms with Crippen LogP contribution < -0.4 is 10.0 Å². The van der Waals surface area contributed by atoms with E-state index in [9.17, 15) is 0 Å². The van der Waals surface area contributed by atoms with Crippen molar-refractivity contribution in [2.75, 3.05) is 18.0 Å². The molecule has 0 saturated heterocycles. The fourth-order valence-corrected chi connectivity index (χ4v) is 1.70. The summed E-state index contributed by atoms with van der Waals surface area (Å²) >= 11 is 1.59. The lowest BCUT2D eigenvalue weighted by Crippen LogP contribution is -2.05. The van der Waals surface area contributed by atoms with E-state index >= 15 is 0 Å². The Bertz CT molecular complexity index is 310. The average Bonchev–Trinajstić information content (AvgIpc) is 2.21. The zero-order chi connectivity index (χ0) is 10.4. The van der Waals surface area contributed by atoms with Crippen molar-refractivity contribution in [3.63, 3.8) is 0 Å². The summed E-state index contributed by atoms with van der Waals surface area (Å²) < 4.78 is 3.22. The summed E-state index contributed by atoms with van der Waals surface area (Å²) in [5, 5.41) is 3.13. The standard InChI is InChI=1S/C11H16N2S/c1-4-10-7-9(8-12-2)5-6-11(10)13-14-3/h4-7,12-13H,1,8H2,2-3H3. The Kier molecular flexibility index (Phi) is 4.56. The maximum atomic E-state index is 3.81. The highest BCUT2D eigenvalue weighted by atomic mass is 32.2. The Labute approximate surface area is 89.9 Å². The topological polar surface area (TPSA) is 24.1 Å². The molecule has 0 aliphatic heterocycles. The van der Waals surface area contributed by atoms with Gasteiger partial charge in [-0.2, -0.15) is 0 Å². The zero-order valence-corrected chi connectivity index (χ0v) is 9.45. The SMILES string of the molecule is C=Cc1cc(CNC)ccc1NSC. The Morgan fingerprint density at radius 1 is 1.50 bits per heavy atom. The zero-order valence-electron chi connectivity index (χ0n) is 8.63. The largest absolute Gasteiger partial charge is 0.329 e. The molecule has 0 fully saturated rings. The van der Waals surface area contributed by atoms with E-state index in [0.717, 1.165) is 17.8 Å². The van der Waals surface area contributed by atoms with Crippen LogP contribution in [0, 0.1) is 0 Å². The average molecular weight is 208 g/mol. The molecule has 0 aromatic heterocycles. The number of nitrogens with one attached hydrogen (secondary N) is 2. The maximum Gasteiger partial charge on any atom is 0.0512 e. The molecule has 2 nitrogen and oxygen atoms in total. The predicted molar refractivity (Wildman–Crippen MR) is 66.4 cm³/mol. The van der Waals surface area contributed by atoms with Crippen LogP contribution in [0.3, 0.4) is 0 Å². The van der Waals surface area contributed by atoms with E-state index < -0.39 is 0 Å². The molecule has 2 N–H and O–H groups in total. The van der Waals surface area contributed by atoms with Crippen LogP contribution in [0.5, 0.6) is 0 Å². The van der Waals surface area contributed by atoms with E-state index in [-0.39, 0.29) is 0 Å². The van der Waals surface area contributed by atoms with Gasteiger partial charge in [0.15, 0.2) is 0 Å². The molecule has 3 heteroatoms. The summed E-state index contributed by atoms with van der Waals surface area (Å²) in [4.78, 5) is 0. The second-order valence-corrected chi connectivity index (χ2v) is 3.57. The number of benzene rings is 1. The summed E-state index contributed by atoms with van der Waals surface area (Å²) in [6, 6.07) is 6.34. The third-order valence-corrected chi connectivity index (χ3v) is 2.35. The summed E-state index contributed by atoms with van der Waals surface area (Å²) in [6.07, 6.45) is 3.88. The molecule has 0 unspecified atom stereocenters. The van der Waals surface area contributed by atoms with Crippen molar-refractivity contribution in [1.29, 1.82) is 0 Å². The summed E-state index contributed by atoms with van der Waals surface area (Å²) in [7, 11) is 1.95. The number of hydrogen-bond acceptors (Lipinski definition) is 3. The minimum Gasteiger partial charge on any atom is -0.329 e. The molecule has 1 aromatic carbocycles. The van der Waals surface area contributed by atoms with Crippen LogP contribution in [-0.4, -0.2) is 13.3 Å². The molecule has 14 heavy (non-hydrogen) atoms. The number of anilines is 1. The molecular formula is C11H16N2S. The molecule has 0 aliphatic carbocycles. The third-order valence-electron chi connectivity index (χ3n) is 1.93. The monoisotopic (exact) mass is 208 g/mol. The lowest BCUT2D eigenvalue weighted by molar-refractivity contribution is 0.818. The van der Waals surface area contributed by atoms with Gasteiger partial charge in [-0.15, -0.1) is 0 Å². The summed E-state index contributed by atoms with van der Waals surface area (Å²) in [5.74, 6) is 0. The van der Waals surface area contributed by atoms with Gasteiger partial charge in [0.1, 0.15) is 0 Å². The molecule has 1 aromatic rings. The van der Waals surface area contributed by atoms with Crippen LogP contribution in [0.4, 0.5) is 5.69 Å². The highest BCUT2D eigenvalue weighted by molar-refractivity contribution is 7.99. The van der Waals surface area contributed by atoms with Crippen LogP contribution in [0.25, 0.3) is 6.08 Å². The normalized spacial score (nSPS) is 9.86. The van der Waals surface area contributed by atoms with Crippen LogP contribution in [0.1, 0.15) is 11.1 Å². The van der Waals surface area contributed by atoms with E-state index in [1.165, 1.54) is 5.56 Å². The van der Waals surface area contributed by atoms with E-state index in [1.807, 2.05) is 19.4 Å². The van der Waals surface area contributed by atoms with Crippen LogP contribution >= 0.6 is 11.9 Å². The van der Waals surface area contributed by atoms with Gasteiger partial charge >= 0.3 is 0 Å². The van der Waals surface area contributed by atoms with Crippen molar-refractivity contribution in [3.8, 4) is 0 Å². The van der Waals surface area contributed by atoms with Crippen molar-refractivity contribution < 1.29 is 0 Å². The van der Waals surface area contributed by atoms with Gasteiger partial charge in [0.25, 0.3) is 0 Å². The van der Waals surface area contributed by atoms with Crippen LogP contribution in [0.15, 0.2) is 24.8 Å². The molecule has 0 radical (unpaired) electrons. The van der Waals surface area contributed by atoms with E-state index in [1.54, 1.807) is 11.9 Å². The van der Waals surface area contributed by atoms with Crippen molar-refractivity contribution >= 4 is 23.7 Å². The minimum atomic E-state index is 0.889. The van der Waals surface area contributed by atoms with Gasteiger partial charge in [-0.3, -0.25) is 0 Å². The molecule has 0 amide bonds. The van der Waals surface area contributed by atoms with Crippen molar-refractivity contribution in [1.82, 2.24) is 5.32 Å². The number of hydrogen-bond donors (Lipinski definition) is 2. The summed E-state index contributed by atoms with van der Waals surface area (Å²) in [5.41, 5.74) is 3.54. The molecular weight excluding hydrogens is 192 g/mol. The first kappa shape index (κ1) is 11.1. The smallest absolute Gasteiger partial charge is 0.0512 e. The lowest BCUT2D eigenvalue weighted by atomic mass is 10.1. The van der Waals surface area contributed by atoms with Gasteiger partial charge < -0.3 is 10.0 Å². The quantitative estimate of drug-likeness (QED) is 0.728. The van der Waals surface area contributed by atoms with Crippen LogP contribution in [-0.2, 0) is 6.54 Å². The Hall–Kier alpha value is -0.930. The Balaban J connectivity index is 2.92. The number of rotatable bonds is 5. The first-order valence-corrected chi connectivity index (χ1v) is 5.73. The Morgan fingerprint density at radius 2 is 2.29 bits per heavy atom. The second kappa shape index (κ2) is 5.73.